The lowest BCUT2D eigenvalue weighted by Gasteiger charge is -1.98. The maximum atomic E-state index is 11.8. The van der Waals surface area contributed by atoms with Crippen LogP contribution in [0.15, 0.2) is 42.6 Å². The highest BCUT2D eigenvalue weighted by atomic mass is 35.5. The molecule has 0 fully saturated rings. The Morgan fingerprint density at radius 2 is 1.87 bits per heavy atom. The summed E-state index contributed by atoms with van der Waals surface area (Å²) >= 11 is 5.72. The molecule has 0 spiro atoms. The van der Waals surface area contributed by atoms with Crippen molar-refractivity contribution in [3.8, 4) is 0 Å². The average molecular weight is 219 g/mol. The van der Waals surface area contributed by atoms with E-state index in [1.165, 1.54) is 6.20 Å². The van der Waals surface area contributed by atoms with Crippen LogP contribution in [-0.2, 0) is 0 Å². The van der Waals surface area contributed by atoms with Crippen molar-refractivity contribution >= 4 is 17.4 Å². The molecule has 0 radical (unpaired) electrons. The maximum Gasteiger partial charge on any atom is 0.213 e. The van der Waals surface area contributed by atoms with Gasteiger partial charge in [0.15, 0.2) is 0 Å². The first-order valence-corrected chi connectivity index (χ1v) is 4.73. The molecule has 0 atom stereocenters. The van der Waals surface area contributed by atoms with Gasteiger partial charge in [0.05, 0.1) is 0 Å². The lowest BCUT2D eigenvalue weighted by Crippen LogP contribution is -2.04. The summed E-state index contributed by atoms with van der Waals surface area (Å²) < 4.78 is 0. The van der Waals surface area contributed by atoms with Crippen LogP contribution in [0.3, 0.4) is 0 Å². The number of benzene rings is 1. The van der Waals surface area contributed by atoms with Crippen LogP contribution < -0.4 is 0 Å². The van der Waals surface area contributed by atoms with Crippen molar-refractivity contribution in [2.45, 2.75) is 0 Å². The molecule has 15 heavy (non-hydrogen) atoms. The first kappa shape index (κ1) is 9.80. The summed E-state index contributed by atoms with van der Waals surface area (Å²) in [4.78, 5) is 11.8. The molecule has 0 saturated carbocycles. The van der Waals surface area contributed by atoms with E-state index in [0.717, 1.165) is 0 Å². The van der Waals surface area contributed by atoms with Gasteiger partial charge < -0.3 is 0 Å². The molecule has 74 valence electrons. The molecule has 0 saturated heterocycles. The van der Waals surface area contributed by atoms with Gasteiger partial charge >= 0.3 is 0 Å². The number of nitrogens with zero attached hydrogens (tertiary/aromatic N) is 2. The van der Waals surface area contributed by atoms with E-state index in [1.807, 2.05) is 0 Å². The minimum absolute atomic E-state index is 0.153. The monoisotopic (exact) mass is 218 g/mol. The Labute approximate surface area is 91.7 Å². The van der Waals surface area contributed by atoms with Gasteiger partial charge in [-0.15, -0.1) is 5.10 Å². The molecule has 0 aliphatic heterocycles. The minimum atomic E-state index is -0.153. The molecule has 1 aromatic heterocycles. The Balaban J connectivity index is 2.33. The Morgan fingerprint density at radius 1 is 1.13 bits per heavy atom. The lowest BCUT2D eigenvalue weighted by atomic mass is 10.1. The van der Waals surface area contributed by atoms with Crippen molar-refractivity contribution in [2.75, 3.05) is 0 Å². The number of halogens is 1. The molecule has 1 heterocycles. The molecule has 0 aliphatic rings. The van der Waals surface area contributed by atoms with Crippen molar-refractivity contribution in [2.24, 2.45) is 0 Å². The summed E-state index contributed by atoms with van der Waals surface area (Å²) in [7, 11) is 0. The summed E-state index contributed by atoms with van der Waals surface area (Å²) in [6.45, 7) is 0. The molecule has 2 aromatic rings. The van der Waals surface area contributed by atoms with E-state index >= 15 is 0 Å². The van der Waals surface area contributed by atoms with Crippen molar-refractivity contribution in [3.63, 3.8) is 0 Å². The van der Waals surface area contributed by atoms with Crippen LogP contribution in [0.25, 0.3) is 0 Å². The van der Waals surface area contributed by atoms with E-state index < -0.39 is 0 Å². The fraction of sp³-hybridized carbons (Fsp3) is 0. The number of aromatic nitrogens is 2. The van der Waals surface area contributed by atoms with Crippen LogP contribution in [0.5, 0.6) is 0 Å². The third-order valence-corrected chi connectivity index (χ3v) is 2.16. The average Bonchev–Trinajstić information content (AvgIpc) is 2.30. The van der Waals surface area contributed by atoms with Gasteiger partial charge in [0, 0.05) is 16.8 Å². The zero-order chi connectivity index (χ0) is 10.7. The highest BCUT2D eigenvalue weighted by Gasteiger charge is 2.09. The molecule has 0 aliphatic carbocycles. The van der Waals surface area contributed by atoms with Gasteiger partial charge in [-0.05, 0) is 36.4 Å². The number of carbonyl (C=O) groups is 1. The number of hydrogen-bond donors (Lipinski definition) is 0. The first-order chi connectivity index (χ1) is 7.27. The second-order valence-electron chi connectivity index (χ2n) is 2.94. The van der Waals surface area contributed by atoms with Crippen molar-refractivity contribution in [1.29, 1.82) is 0 Å². The van der Waals surface area contributed by atoms with Gasteiger partial charge in [-0.3, -0.25) is 4.79 Å². The van der Waals surface area contributed by atoms with Gasteiger partial charge in [-0.1, -0.05) is 11.6 Å². The Hall–Kier alpha value is -1.74. The third kappa shape index (κ3) is 2.19. The molecule has 4 heteroatoms. The van der Waals surface area contributed by atoms with Gasteiger partial charge in [0.25, 0.3) is 0 Å². The summed E-state index contributed by atoms with van der Waals surface area (Å²) in [5.74, 6) is -0.153. The quantitative estimate of drug-likeness (QED) is 0.727. The van der Waals surface area contributed by atoms with E-state index in [9.17, 15) is 4.79 Å². The van der Waals surface area contributed by atoms with Crippen molar-refractivity contribution in [3.05, 3.63) is 58.9 Å². The summed E-state index contributed by atoms with van der Waals surface area (Å²) in [5.41, 5.74) is 0.889. The van der Waals surface area contributed by atoms with Crippen molar-refractivity contribution < 1.29 is 4.79 Å². The number of carbonyl (C=O) groups excluding carboxylic acids is 1. The Kier molecular flexibility index (Phi) is 2.74. The molecule has 3 nitrogen and oxygen atoms in total. The Morgan fingerprint density at radius 3 is 2.47 bits per heavy atom. The maximum absolute atomic E-state index is 11.8. The summed E-state index contributed by atoms with van der Waals surface area (Å²) in [5, 5.41) is 8.00. The Bertz CT molecular complexity index is 468. The number of hydrogen-bond acceptors (Lipinski definition) is 3. The smallest absolute Gasteiger partial charge is 0.213 e. The third-order valence-electron chi connectivity index (χ3n) is 1.91. The molecule has 0 bridgehead atoms. The lowest BCUT2D eigenvalue weighted by molar-refractivity contribution is 0.103. The SMILES string of the molecule is O=C(c1ccc(Cl)cc1)c1cccnn1. The summed E-state index contributed by atoms with van der Waals surface area (Å²) in [6.07, 6.45) is 1.53. The topological polar surface area (TPSA) is 42.9 Å². The summed E-state index contributed by atoms with van der Waals surface area (Å²) in [6, 6.07) is 9.98. The zero-order valence-electron chi connectivity index (χ0n) is 7.72. The normalized spacial score (nSPS) is 9.93. The van der Waals surface area contributed by atoms with Crippen LogP contribution in [-0.4, -0.2) is 16.0 Å². The molecular weight excluding hydrogens is 212 g/mol. The van der Waals surface area contributed by atoms with Crippen LogP contribution in [0.4, 0.5) is 0 Å². The molecule has 0 amide bonds. The molecule has 2 rings (SSSR count). The number of rotatable bonds is 2. The van der Waals surface area contributed by atoms with E-state index in [2.05, 4.69) is 10.2 Å². The molecule has 0 N–H and O–H groups in total. The zero-order valence-corrected chi connectivity index (χ0v) is 8.48. The largest absolute Gasteiger partial charge is 0.287 e. The van der Waals surface area contributed by atoms with Crippen LogP contribution >= 0.6 is 11.6 Å². The molecule has 1 aromatic carbocycles. The van der Waals surface area contributed by atoms with Crippen molar-refractivity contribution in [1.82, 2.24) is 10.2 Å². The first-order valence-electron chi connectivity index (χ1n) is 4.35. The van der Waals surface area contributed by atoms with Gasteiger partial charge in [0.2, 0.25) is 5.78 Å². The van der Waals surface area contributed by atoms with Gasteiger partial charge in [0.1, 0.15) is 5.69 Å². The standard InChI is InChI=1S/C11H7ClN2O/c12-9-5-3-8(4-6-9)11(15)10-2-1-7-13-14-10/h1-7H. The highest BCUT2D eigenvalue weighted by molar-refractivity contribution is 6.30. The highest BCUT2D eigenvalue weighted by Crippen LogP contribution is 2.12. The van der Waals surface area contributed by atoms with Crippen LogP contribution in [0, 0.1) is 0 Å². The number of ketones is 1. The van der Waals surface area contributed by atoms with E-state index in [-0.39, 0.29) is 5.78 Å². The fourth-order valence-corrected chi connectivity index (χ4v) is 1.30. The predicted molar refractivity (Wildman–Crippen MR) is 56.9 cm³/mol. The second-order valence-corrected chi connectivity index (χ2v) is 3.38. The predicted octanol–water partition coefficient (Wildman–Crippen LogP) is 2.36. The van der Waals surface area contributed by atoms with Gasteiger partial charge in [-0.2, -0.15) is 5.10 Å². The van der Waals surface area contributed by atoms with E-state index in [4.69, 9.17) is 11.6 Å². The van der Waals surface area contributed by atoms with E-state index in [0.29, 0.717) is 16.3 Å². The molecule has 0 unspecified atom stereocenters. The second kappa shape index (κ2) is 4.19. The molecular formula is C11H7ClN2O. The van der Waals surface area contributed by atoms with Crippen LogP contribution in [0.1, 0.15) is 16.1 Å². The van der Waals surface area contributed by atoms with Gasteiger partial charge in [-0.25, -0.2) is 0 Å². The minimum Gasteiger partial charge on any atom is -0.287 e. The van der Waals surface area contributed by atoms with E-state index in [1.54, 1.807) is 36.4 Å². The fourth-order valence-electron chi connectivity index (χ4n) is 1.17. The van der Waals surface area contributed by atoms with Crippen LogP contribution in [0.2, 0.25) is 5.02 Å².